The molecule has 1 aromatic heterocycles. The summed E-state index contributed by atoms with van der Waals surface area (Å²) in [5.41, 5.74) is 0.588. The number of sulfonamides is 1. The summed E-state index contributed by atoms with van der Waals surface area (Å²) in [5.74, 6) is 0. The largest absolute Gasteiger partial charge is 0.390 e. The van der Waals surface area contributed by atoms with Crippen molar-refractivity contribution in [1.29, 1.82) is 0 Å². The molecule has 21 heavy (non-hydrogen) atoms. The Morgan fingerprint density at radius 2 is 1.86 bits per heavy atom. The van der Waals surface area contributed by atoms with Crippen LogP contribution in [-0.4, -0.2) is 24.1 Å². The molecule has 2 fully saturated rings. The SMILES string of the molecule is CC1(C)C(NS(=O)(=O)c2cc(CO)n(C3CC3)c2)C1(C)C. The Morgan fingerprint density at radius 3 is 2.29 bits per heavy atom. The summed E-state index contributed by atoms with van der Waals surface area (Å²) >= 11 is 0. The van der Waals surface area contributed by atoms with Crippen LogP contribution in [0.4, 0.5) is 0 Å². The van der Waals surface area contributed by atoms with Crippen LogP contribution in [0.15, 0.2) is 17.2 Å². The van der Waals surface area contributed by atoms with Crippen molar-refractivity contribution in [3.8, 4) is 0 Å². The van der Waals surface area contributed by atoms with Crippen molar-refractivity contribution in [2.45, 2.75) is 64.1 Å². The molecule has 2 N–H and O–H groups in total. The van der Waals surface area contributed by atoms with E-state index in [0.717, 1.165) is 12.8 Å². The lowest BCUT2D eigenvalue weighted by Crippen LogP contribution is -2.29. The number of hydrogen-bond donors (Lipinski definition) is 2. The van der Waals surface area contributed by atoms with Gasteiger partial charge in [0.25, 0.3) is 0 Å². The summed E-state index contributed by atoms with van der Waals surface area (Å²) in [6, 6.07) is 1.88. The molecule has 1 heterocycles. The Labute approximate surface area is 126 Å². The smallest absolute Gasteiger partial charge is 0.242 e. The maximum absolute atomic E-state index is 12.6. The second-order valence-corrected chi connectivity index (χ2v) is 9.18. The van der Waals surface area contributed by atoms with E-state index in [0.29, 0.717) is 11.7 Å². The van der Waals surface area contributed by atoms with Crippen LogP contribution in [0.1, 0.15) is 52.3 Å². The first-order valence-corrected chi connectivity index (χ1v) is 8.93. The second-order valence-electron chi connectivity index (χ2n) is 7.46. The first-order chi connectivity index (χ1) is 9.61. The standard InChI is InChI=1S/C15H24N2O3S/c1-14(2)13(15(14,3)4)16-21(19,20)12-7-11(9-18)17(8-12)10-5-6-10/h7-8,10,13,16,18H,5-6,9H2,1-4H3. The summed E-state index contributed by atoms with van der Waals surface area (Å²) in [7, 11) is -3.54. The van der Waals surface area contributed by atoms with Gasteiger partial charge in [-0.25, -0.2) is 13.1 Å². The molecule has 0 unspecified atom stereocenters. The molecule has 2 aliphatic carbocycles. The zero-order chi connectivity index (χ0) is 15.6. The fraction of sp³-hybridized carbons (Fsp3) is 0.733. The number of nitrogens with one attached hydrogen (secondary N) is 1. The molecule has 6 heteroatoms. The van der Waals surface area contributed by atoms with Gasteiger partial charge in [0.2, 0.25) is 10.0 Å². The first kappa shape index (κ1) is 15.1. The van der Waals surface area contributed by atoms with Gasteiger partial charge in [-0.15, -0.1) is 0 Å². The quantitative estimate of drug-likeness (QED) is 0.874. The van der Waals surface area contributed by atoms with Crippen LogP contribution < -0.4 is 4.72 Å². The van der Waals surface area contributed by atoms with E-state index < -0.39 is 10.0 Å². The van der Waals surface area contributed by atoms with E-state index >= 15 is 0 Å². The van der Waals surface area contributed by atoms with Crippen LogP contribution in [0, 0.1) is 10.8 Å². The highest BCUT2D eigenvalue weighted by Crippen LogP contribution is 2.63. The molecule has 1 aromatic rings. The lowest BCUT2D eigenvalue weighted by molar-refractivity contribution is 0.270. The molecule has 118 valence electrons. The Kier molecular flexibility index (Phi) is 3.11. The Morgan fingerprint density at radius 1 is 1.29 bits per heavy atom. The van der Waals surface area contributed by atoms with E-state index in [9.17, 15) is 13.5 Å². The summed E-state index contributed by atoms with van der Waals surface area (Å²) < 4.78 is 29.9. The molecule has 0 aliphatic heterocycles. The third kappa shape index (κ3) is 2.24. The monoisotopic (exact) mass is 312 g/mol. The number of aliphatic hydroxyl groups excluding tert-OH is 1. The molecule has 3 rings (SSSR count). The molecule has 0 bridgehead atoms. The van der Waals surface area contributed by atoms with Gasteiger partial charge in [0, 0.05) is 24.0 Å². The molecule has 0 saturated heterocycles. The van der Waals surface area contributed by atoms with Gasteiger partial charge in [-0.05, 0) is 29.7 Å². The topological polar surface area (TPSA) is 71.3 Å². The van der Waals surface area contributed by atoms with Gasteiger partial charge in [0.1, 0.15) is 0 Å². The average molecular weight is 312 g/mol. The van der Waals surface area contributed by atoms with Crippen molar-refractivity contribution in [2.75, 3.05) is 0 Å². The number of aromatic nitrogens is 1. The minimum Gasteiger partial charge on any atom is -0.390 e. The molecular weight excluding hydrogens is 288 g/mol. The van der Waals surface area contributed by atoms with Crippen LogP contribution in [0.5, 0.6) is 0 Å². The highest BCUT2D eigenvalue weighted by atomic mass is 32.2. The van der Waals surface area contributed by atoms with Crippen LogP contribution in [-0.2, 0) is 16.6 Å². The van der Waals surface area contributed by atoms with Crippen molar-refractivity contribution >= 4 is 10.0 Å². The predicted molar refractivity (Wildman–Crippen MR) is 80.3 cm³/mol. The molecule has 0 atom stereocenters. The Balaban J connectivity index is 1.86. The highest BCUT2D eigenvalue weighted by Gasteiger charge is 2.66. The van der Waals surface area contributed by atoms with E-state index in [1.165, 1.54) is 0 Å². The van der Waals surface area contributed by atoms with Gasteiger partial charge in [0.15, 0.2) is 0 Å². The summed E-state index contributed by atoms with van der Waals surface area (Å²) in [4.78, 5) is 0.261. The van der Waals surface area contributed by atoms with Gasteiger partial charge >= 0.3 is 0 Å². The van der Waals surface area contributed by atoms with E-state index in [2.05, 4.69) is 32.4 Å². The van der Waals surface area contributed by atoms with Crippen LogP contribution >= 0.6 is 0 Å². The Bertz CT molecular complexity index is 655. The van der Waals surface area contributed by atoms with E-state index in [1.54, 1.807) is 12.3 Å². The molecular formula is C15H24N2O3S. The van der Waals surface area contributed by atoms with Gasteiger partial charge in [-0.1, -0.05) is 27.7 Å². The normalized spacial score (nSPS) is 24.2. The Hall–Kier alpha value is -0.850. The van der Waals surface area contributed by atoms with Gasteiger partial charge < -0.3 is 9.67 Å². The lowest BCUT2D eigenvalue weighted by Gasteiger charge is -2.06. The molecule has 0 radical (unpaired) electrons. The maximum atomic E-state index is 12.6. The van der Waals surface area contributed by atoms with Gasteiger partial charge in [-0.3, -0.25) is 0 Å². The zero-order valence-electron chi connectivity index (χ0n) is 13.0. The number of aliphatic hydroxyl groups is 1. The second kappa shape index (κ2) is 4.33. The minimum absolute atomic E-state index is 0.0427. The zero-order valence-corrected chi connectivity index (χ0v) is 13.9. The summed E-state index contributed by atoms with van der Waals surface area (Å²) in [5, 5.41) is 9.40. The summed E-state index contributed by atoms with van der Waals surface area (Å²) in [6.45, 7) is 8.18. The third-order valence-electron chi connectivity index (χ3n) is 5.61. The van der Waals surface area contributed by atoms with E-state index in [4.69, 9.17) is 0 Å². The molecule has 2 aliphatic rings. The maximum Gasteiger partial charge on any atom is 0.242 e. The number of nitrogens with zero attached hydrogens (tertiary/aromatic N) is 1. The van der Waals surface area contributed by atoms with Gasteiger partial charge in [-0.2, -0.15) is 0 Å². The van der Waals surface area contributed by atoms with Crippen molar-refractivity contribution < 1.29 is 13.5 Å². The van der Waals surface area contributed by atoms with Crippen LogP contribution in [0.25, 0.3) is 0 Å². The molecule has 5 nitrogen and oxygen atoms in total. The minimum atomic E-state index is -3.54. The number of hydrogen-bond acceptors (Lipinski definition) is 3. The molecule has 0 aromatic carbocycles. The average Bonchev–Trinajstić information content (AvgIpc) is 3.22. The van der Waals surface area contributed by atoms with Crippen molar-refractivity contribution in [3.63, 3.8) is 0 Å². The lowest BCUT2D eigenvalue weighted by atomic mass is 10.0. The highest BCUT2D eigenvalue weighted by molar-refractivity contribution is 7.89. The third-order valence-corrected chi connectivity index (χ3v) is 7.00. The fourth-order valence-electron chi connectivity index (χ4n) is 3.18. The van der Waals surface area contributed by atoms with E-state index in [-0.39, 0.29) is 28.4 Å². The number of rotatable bonds is 5. The molecule has 0 amide bonds. The van der Waals surface area contributed by atoms with Crippen molar-refractivity contribution in [2.24, 2.45) is 10.8 Å². The molecule has 0 spiro atoms. The molecule has 2 saturated carbocycles. The fourth-order valence-corrected chi connectivity index (χ4v) is 4.76. The first-order valence-electron chi connectivity index (χ1n) is 7.45. The van der Waals surface area contributed by atoms with Crippen LogP contribution in [0.3, 0.4) is 0 Å². The summed E-state index contributed by atoms with van der Waals surface area (Å²) in [6.07, 6.45) is 3.77. The van der Waals surface area contributed by atoms with Crippen molar-refractivity contribution in [1.82, 2.24) is 9.29 Å². The predicted octanol–water partition coefficient (Wildman–Crippen LogP) is 2.03. The van der Waals surface area contributed by atoms with Gasteiger partial charge in [0.05, 0.1) is 11.5 Å². The van der Waals surface area contributed by atoms with Crippen molar-refractivity contribution in [3.05, 3.63) is 18.0 Å². The van der Waals surface area contributed by atoms with Crippen LogP contribution in [0.2, 0.25) is 0 Å². The van der Waals surface area contributed by atoms with E-state index in [1.807, 2.05) is 4.57 Å².